The third kappa shape index (κ3) is 5.99. The van der Waals surface area contributed by atoms with Crippen LogP contribution in [0.15, 0.2) is 60.9 Å². The number of anilines is 2. The molecule has 8 heteroatoms. The van der Waals surface area contributed by atoms with Crippen LogP contribution < -0.4 is 14.8 Å². The Hall–Kier alpha value is -4.15. The predicted molar refractivity (Wildman–Crippen MR) is 144 cm³/mol. The molecule has 37 heavy (non-hydrogen) atoms. The number of halogens is 1. The fourth-order valence-corrected chi connectivity index (χ4v) is 3.96. The second-order valence-electron chi connectivity index (χ2n) is 9.57. The summed E-state index contributed by atoms with van der Waals surface area (Å²) in [5.74, 6) is 1.17. The zero-order valence-electron chi connectivity index (χ0n) is 21.1. The lowest BCUT2D eigenvalue weighted by molar-refractivity contribution is -0.125. The van der Waals surface area contributed by atoms with Gasteiger partial charge in [0.05, 0.1) is 34.6 Å². The number of Topliss-reactive ketones (excluding diaryl/α,β-unsaturated/α-hetero) is 1. The molecule has 0 aliphatic carbocycles. The zero-order chi connectivity index (χ0) is 26.6. The van der Waals surface area contributed by atoms with E-state index in [-0.39, 0.29) is 12.2 Å². The molecule has 0 spiro atoms. The van der Waals surface area contributed by atoms with Crippen molar-refractivity contribution in [3.8, 4) is 17.6 Å². The van der Waals surface area contributed by atoms with Crippen LogP contribution in [-0.4, -0.2) is 22.9 Å². The van der Waals surface area contributed by atoms with E-state index in [1.807, 2.05) is 51.1 Å². The molecule has 0 unspecified atom stereocenters. The van der Waals surface area contributed by atoms with Crippen LogP contribution in [0.5, 0.6) is 11.5 Å². The second-order valence-corrected chi connectivity index (χ2v) is 9.98. The maximum atomic E-state index is 12.8. The van der Waals surface area contributed by atoms with Crippen molar-refractivity contribution in [2.24, 2.45) is 5.41 Å². The lowest BCUT2D eigenvalue weighted by atomic mass is 9.86. The SMILES string of the molecule is COc1cc2ncc(C#N)c(Nc3ccc(OCc4ccccn4)c(Cl)c3)c2cc1CC(=O)C(C)(C)C. The van der Waals surface area contributed by atoms with Crippen LogP contribution in [-0.2, 0) is 17.8 Å². The average molecular weight is 515 g/mol. The molecule has 2 aromatic carbocycles. The van der Waals surface area contributed by atoms with Crippen LogP contribution in [0.25, 0.3) is 10.9 Å². The Balaban J connectivity index is 1.68. The topological polar surface area (TPSA) is 97.1 Å². The van der Waals surface area contributed by atoms with Gasteiger partial charge in [0.2, 0.25) is 0 Å². The number of methoxy groups -OCH3 is 1. The molecule has 7 nitrogen and oxygen atoms in total. The highest BCUT2D eigenvalue weighted by atomic mass is 35.5. The molecule has 188 valence electrons. The summed E-state index contributed by atoms with van der Waals surface area (Å²) in [6.07, 6.45) is 3.42. The number of benzene rings is 2. The number of fused-ring (bicyclic) bond motifs is 1. The van der Waals surface area contributed by atoms with E-state index in [0.717, 1.165) is 11.3 Å². The number of hydrogen-bond donors (Lipinski definition) is 1. The molecule has 1 N–H and O–H groups in total. The quantitative estimate of drug-likeness (QED) is 0.281. The Morgan fingerprint density at radius 3 is 2.57 bits per heavy atom. The summed E-state index contributed by atoms with van der Waals surface area (Å²) in [4.78, 5) is 21.5. The summed E-state index contributed by atoms with van der Waals surface area (Å²) >= 11 is 6.50. The number of pyridine rings is 2. The van der Waals surface area contributed by atoms with Crippen molar-refractivity contribution in [2.75, 3.05) is 12.4 Å². The van der Waals surface area contributed by atoms with Crippen LogP contribution in [0.2, 0.25) is 5.02 Å². The number of carbonyl (C=O) groups excluding carboxylic acids is 1. The van der Waals surface area contributed by atoms with Gasteiger partial charge in [-0.25, -0.2) is 0 Å². The number of hydrogen-bond acceptors (Lipinski definition) is 7. The molecule has 0 aliphatic rings. The molecule has 4 aromatic rings. The summed E-state index contributed by atoms with van der Waals surface area (Å²) < 4.78 is 11.4. The first-order valence-electron chi connectivity index (χ1n) is 11.7. The third-order valence-corrected chi connectivity index (χ3v) is 6.18. The monoisotopic (exact) mass is 514 g/mol. The van der Waals surface area contributed by atoms with E-state index in [0.29, 0.717) is 51.0 Å². The summed E-state index contributed by atoms with van der Waals surface area (Å²) in [6.45, 7) is 5.95. The number of nitrogens with one attached hydrogen (secondary N) is 1. The van der Waals surface area contributed by atoms with Gasteiger partial charge in [-0.3, -0.25) is 14.8 Å². The third-order valence-electron chi connectivity index (χ3n) is 5.88. The van der Waals surface area contributed by atoms with Gasteiger partial charge in [-0.05, 0) is 36.4 Å². The molecular weight excluding hydrogens is 488 g/mol. The van der Waals surface area contributed by atoms with E-state index in [9.17, 15) is 10.1 Å². The molecule has 0 fully saturated rings. The van der Waals surface area contributed by atoms with Crippen LogP contribution in [0.4, 0.5) is 11.4 Å². The maximum Gasteiger partial charge on any atom is 0.142 e. The molecule has 0 saturated heterocycles. The Labute approximate surface area is 221 Å². The van der Waals surface area contributed by atoms with Gasteiger partial charge in [-0.2, -0.15) is 5.26 Å². The van der Waals surface area contributed by atoms with Crippen molar-refractivity contribution in [3.05, 3.63) is 82.8 Å². The van der Waals surface area contributed by atoms with Gasteiger partial charge in [0.25, 0.3) is 0 Å². The van der Waals surface area contributed by atoms with Crippen molar-refractivity contribution in [1.29, 1.82) is 5.26 Å². The molecule has 0 atom stereocenters. The standard InChI is InChI=1S/C29H27ClN4O3/c1-29(2,3)27(35)12-18-11-22-24(14-26(18)36-4)33-16-19(15-31)28(22)34-20-8-9-25(23(30)13-20)37-17-21-7-5-6-10-32-21/h5-11,13-14,16H,12,17H2,1-4H3,(H,33,34). The minimum atomic E-state index is -0.495. The lowest BCUT2D eigenvalue weighted by Gasteiger charge is -2.19. The summed E-state index contributed by atoms with van der Waals surface area (Å²) in [5.41, 5.74) is 3.25. The van der Waals surface area contributed by atoms with Crippen molar-refractivity contribution in [2.45, 2.75) is 33.8 Å². The highest BCUT2D eigenvalue weighted by molar-refractivity contribution is 6.32. The van der Waals surface area contributed by atoms with E-state index >= 15 is 0 Å². The van der Waals surface area contributed by atoms with Crippen molar-refractivity contribution >= 4 is 39.7 Å². The van der Waals surface area contributed by atoms with Gasteiger partial charge >= 0.3 is 0 Å². The van der Waals surface area contributed by atoms with Crippen LogP contribution in [0, 0.1) is 16.7 Å². The number of rotatable bonds is 8. The first kappa shape index (κ1) is 25.9. The van der Waals surface area contributed by atoms with E-state index < -0.39 is 5.41 Å². The molecule has 2 aromatic heterocycles. The van der Waals surface area contributed by atoms with Crippen molar-refractivity contribution < 1.29 is 14.3 Å². The normalized spacial score (nSPS) is 11.1. The second kappa shape index (κ2) is 10.9. The van der Waals surface area contributed by atoms with E-state index in [1.54, 1.807) is 31.5 Å². The Morgan fingerprint density at radius 1 is 1.11 bits per heavy atom. The summed E-state index contributed by atoms with van der Waals surface area (Å²) in [7, 11) is 1.56. The number of aromatic nitrogens is 2. The minimum absolute atomic E-state index is 0.0807. The van der Waals surface area contributed by atoms with E-state index in [1.165, 1.54) is 6.20 Å². The molecule has 0 aliphatic heterocycles. The Bertz CT molecular complexity index is 1490. The van der Waals surface area contributed by atoms with Crippen molar-refractivity contribution in [1.82, 2.24) is 9.97 Å². The lowest BCUT2D eigenvalue weighted by Crippen LogP contribution is -2.22. The molecule has 2 heterocycles. The van der Waals surface area contributed by atoms with Crippen LogP contribution in [0.3, 0.4) is 0 Å². The summed E-state index contributed by atoms with van der Waals surface area (Å²) in [6, 6.07) is 16.8. The number of ether oxygens (including phenoxy) is 2. The first-order chi connectivity index (χ1) is 17.7. The number of carbonyl (C=O) groups is 1. The number of nitrogens with zero attached hydrogens (tertiary/aromatic N) is 3. The highest BCUT2D eigenvalue weighted by Gasteiger charge is 2.23. The first-order valence-corrected chi connectivity index (χ1v) is 12.1. The van der Waals surface area contributed by atoms with Crippen LogP contribution in [0.1, 0.15) is 37.6 Å². The van der Waals surface area contributed by atoms with Gasteiger partial charge in [0, 0.05) is 46.9 Å². The fraction of sp³-hybridized carbons (Fsp3) is 0.241. The van der Waals surface area contributed by atoms with Crippen LogP contribution >= 0.6 is 11.6 Å². The molecule has 0 bridgehead atoms. The smallest absolute Gasteiger partial charge is 0.142 e. The number of nitriles is 1. The summed E-state index contributed by atoms with van der Waals surface area (Å²) in [5, 5.41) is 14.2. The van der Waals surface area contributed by atoms with E-state index in [4.69, 9.17) is 21.1 Å². The number of ketones is 1. The molecule has 0 radical (unpaired) electrons. The molecule has 0 amide bonds. The van der Waals surface area contributed by atoms with Crippen molar-refractivity contribution in [3.63, 3.8) is 0 Å². The zero-order valence-corrected chi connectivity index (χ0v) is 21.9. The Morgan fingerprint density at radius 2 is 1.92 bits per heavy atom. The Kier molecular flexibility index (Phi) is 7.61. The van der Waals surface area contributed by atoms with Gasteiger partial charge < -0.3 is 14.8 Å². The molecule has 4 rings (SSSR count). The maximum absolute atomic E-state index is 12.8. The highest BCUT2D eigenvalue weighted by Crippen LogP contribution is 2.36. The van der Waals surface area contributed by atoms with Gasteiger partial charge in [0.1, 0.15) is 30.0 Å². The predicted octanol–water partition coefficient (Wildman–Crippen LogP) is 6.64. The van der Waals surface area contributed by atoms with E-state index in [2.05, 4.69) is 21.4 Å². The van der Waals surface area contributed by atoms with Gasteiger partial charge in [-0.1, -0.05) is 38.4 Å². The van der Waals surface area contributed by atoms with Gasteiger partial charge in [0.15, 0.2) is 0 Å². The average Bonchev–Trinajstić information content (AvgIpc) is 2.88. The fourth-order valence-electron chi connectivity index (χ4n) is 3.73. The molecule has 0 saturated carbocycles. The minimum Gasteiger partial charge on any atom is -0.496 e. The largest absolute Gasteiger partial charge is 0.496 e. The van der Waals surface area contributed by atoms with Gasteiger partial charge in [-0.15, -0.1) is 0 Å². The molecular formula is C29H27ClN4O3.